The fraction of sp³-hybridized carbons (Fsp3) is 0.353. The third kappa shape index (κ3) is 3.56. The van der Waals surface area contributed by atoms with Gasteiger partial charge in [-0.15, -0.1) is 0 Å². The summed E-state index contributed by atoms with van der Waals surface area (Å²) in [6.07, 6.45) is -0.0120. The number of methoxy groups -OCH3 is 2. The molecule has 26 heavy (non-hydrogen) atoms. The maximum Gasteiger partial charge on any atom is 0.306 e. The first kappa shape index (κ1) is 17.6. The van der Waals surface area contributed by atoms with E-state index in [1.165, 1.54) is 7.11 Å². The highest BCUT2D eigenvalue weighted by Gasteiger charge is 2.27. The van der Waals surface area contributed by atoms with Gasteiger partial charge < -0.3 is 9.47 Å². The SMILES string of the molecule is COC(=O)C[C@@H]1CN=C(Nc2nc(C)c3cccc(OC)c3n2)NC1=O. The molecule has 0 saturated carbocycles. The van der Waals surface area contributed by atoms with Gasteiger partial charge in [-0.2, -0.15) is 0 Å². The number of hydrogen-bond acceptors (Lipinski definition) is 8. The van der Waals surface area contributed by atoms with Gasteiger partial charge in [0.2, 0.25) is 17.8 Å². The maximum atomic E-state index is 12.1. The van der Waals surface area contributed by atoms with Crippen LogP contribution in [0.5, 0.6) is 5.75 Å². The summed E-state index contributed by atoms with van der Waals surface area (Å²) in [4.78, 5) is 36.5. The standard InChI is InChI=1S/C17H19N5O4/c1-9-11-5-4-6-12(25-2)14(11)20-17(19-9)22-16-18-8-10(15(24)21-16)7-13(23)26-3/h4-6,10H,7-8H2,1-3H3,(H2,18,19,20,21,22,24)/t10-/m1/s1. The molecule has 0 bridgehead atoms. The number of aryl methyl sites for hydroxylation is 1. The topological polar surface area (TPSA) is 115 Å². The van der Waals surface area contributed by atoms with Crippen molar-refractivity contribution >= 4 is 34.7 Å². The van der Waals surface area contributed by atoms with Gasteiger partial charge in [0.25, 0.3) is 0 Å². The summed E-state index contributed by atoms with van der Waals surface area (Å²) in [5, 5.41) is 6.41. The molecule has 9 heteroatoms. The van der Waals surface area contributed by atoms with E-state index >= 15 is 0 Å². The number of carbonyl (C=O) groups excluding carboxylic acids is 2. The van der Waals surface area contributed by atoms with Crippen LogP contribution in [0.1, 0.15) is 12.1 Å². The maximum absolute atomic E-state index is 12.1. The van der Waals surface area contributed by atoms with Gasteiger partial charge in [-0.25, -0.2) is 9.97 Å². The second-order valence-corrected chi connectivity index (χ2v) is 5.77. The van der Waals surface area contributed by atoms with Gasteiger partial charge in [-0.05, 0) is 13.0 Å². The van der Waals surface area contributed by atoms with Gasteiger partial charge in [0, 0.05) is 5.39 Å². The van der Waals surface area contributed by atoms with E-state index in [-0.39, 0.29) is 24.8 Å². The summed E-state index contributed by atoms with van der Waals surface area (Å²) in [5.74, 6) is -0.133. The van der Waals surface area contributed by atoms with Crippen LogP contribution in [0.15, 0.2) is 23.2 Å². The lowest BCUT2D eigenvalue weighted by molar-refractivity contribution is -0.143. The molecular formula is C17H19N5O4. The van der Waals surface area contributed by atoms with Gasteiger partial charge in [0.15, 0.2) is 0 Å². The number of guanidine groups is 1. The molecule has 0 aliphatic carbocycles. The van der Waals surface area contributed by atoms with Gasteiger partial charge >= 0.3 is 5.97 Å². The van der Waals surface area contributed by atoms with Crippen molar-refractivity contribution in [3.05, 3.63) is 23.9 Å². The highest BCUT2D eigenvalue weighted by Crippen LogP contribution is 2.26. The van der Waals surface area contributed by atoms with E-state index in [0.29, 0.717) is 17.2 Å². The number of aromatic nitrogens is 2. The molecule has 0 spiro atoms. The van der Waals surface area contributed by atoms with Crippen LogP contribution < -0.4 is 15.4 Å². The highest BCUT2D eigenvalue weighted by atomic mass is 16.5. The number of anilines is 1. The van der Waals surface area contributed by atoms with Crippen LogP contribution in [0.4, 0.5) is 5.95 Å². The Hall–Kier alpha value is -3.23. The molecule has 0 unspecified atom stereocenters. The molecule has 0 radical (unpaired) electrons. The number of esters is 1. The lowest BCUT2D eigenvalue weighted by Crippen LogP contribution is -2.45. The van der Waals surface area contributed by atoms with Crippen molar-refractivity contribution in [3.8, 4) is 5.75 Å². The van der Waals surface area contributed by atoms with E-state index in [4.69, 9.17) is 4.74 Å². The molecule has 3 rings (SSSR count). The largest absolute Gasteiger partial charge is 0.494 e. The molecule has 2 aromatic rings. The quantitative estimate of drug-likeness (QED) is 0.785. The molecule has 1 aromatic heterocycles. The number of nitrogens with one attached hydrogen (secondary N) is 2. The smallest absolute Gasteiger partial charge is 0.306 e. The van der Waals surface area contributed by atoms with Crippen LogP contribution in [-0.2, 0) is 14.3 Å². The van der Waals surface area contributed by atoms with Crippen LogP contribution in [0.3, 0.4) is 0 Å². The number of rotatable bonds is 4. The minimum absolute atomic E-state index is 0.0120. The second-order valence-electron chi connectivity index (χ2n) is 5.77. The molecule has 1 atom stereocenters. The van der Waals surface area contributed by atoms with Crippen LogP contribution >= 0.6 is 0 Å². The molecule has 0 fully saturated rings. The first-order chi connectivity index (χ1) is 12.5. The fourth-order valence-corrected chi connectivity index (χ4v) is 2.66. The molecular weight excluding hydrogens is 338 g/mol. The van der Waals surface area contributed by atoms with Gasteiger partial charge in [0.1, 0.15) is 11.3 Å². The lowest BCUT2D eigenvalue weighted by Gasteiger charge is -2.21. The average molecular weight is 357 g/mol. The van der Waals surface area contributed by atoms with Crippen LogP contribution in [0, 0.1) is 12.8 Å². The Bertz CT molecular complexity index is 896. The Kier molecular flexibility index (Phi) is 4.97. The Morgan fingerprint density at radius 2 is 2.15 bits per heavy atom. The molecule has 136 valence electrons. The van der Waals surface area contributed by atoms with Gasteiger partial charge in [0.05, 0.1) is 38.8 Å². The number of carbonyl (C=O) groups is 2. The summed E-state index contributed by atoms with van der Waals surface area (Å²) in [6, 6.07) is 5.60. The van der Waals surface area contributed by atoms with Crippen molar-refractivity contribution < 1.29 is 19.1 Å². The average Bonchev–Trinajstić information content (AvgIpc) is 2.63. The Morgan fingerprint density at radius 1 is 1.35 bits per heavy atom. The number of ether oxygens (including phenoxy) is 2. The predicted molar refractivity (Wildman–Crippen MR) is 95.0 cm³/mol. The minimum Gasteiger partial charge on any atom is -0.494 e. The molecule has 2 N–H and O–H groups in total. The normalized spacial score (nSPS) is 16.7. The van der Waals surface area contributed by atoms with E-state index in [1.54, 1.807) is 7.11 Å². The second kappa shape index (κ2) is 7.34. The molecule has 9 nitrogen and oxygen atoms in total. The van der Waals surface area contributed by atoms with Crippen LogP contribution in [0.2, 0.25) is 0 Å². The number of para-hydroxylation sites is 1. The number of hydrogen-bond donors (Lipinski definition) is 2. The fourth-order valence-electron chi connectivity index (χ4n) is 2.66. The molecule has 2 heterocycles. The van der Waals surface area contributed by atoms with Crippen molar-refractivity contribution in [3.63, 3.8) is 0 Å². The zero-order valence-corrected chi connectivity index (χ0v) is 14.7. The van der Waals surface area contributed by atoms with Crippen molar-refractivity contribution in [2.75, 3.05) is 26.1 Å². The lowest BCUT2D eigenvalue weighted by atomic mass is 10.0. The summed E-state index contributed by atoms with van der Waals surface area (Å²) >= 11 is 0. The summed E-state index contributed by atoms with van der Waals surface area (Å²) in [5.41, 5.74) is 1.43. The van der Waals surface area contributed by atoms with E-state index < -0.39 is 11.9 Å². The van der Waals surface area contributed by atoms with Gasteiger partial charge in [-0.3, -0.25) is 25.2 Å². The van der Waals surface area contributed by atoms with Crippen molar-refractivity contribution in [1.29, 1.82) is 0 Å². The van der Waals surface area contributed by atoms with E-state index in [0.717, 1.165) is 11.1 Å². The Morgan fingerprint density at radius 3 is 2.85 bits per heavy atom. The zero-order valence-electron chi connectivity index (χ0n) is 14.7. The van der Waals surface area contributed by atoms with Crippen LogP contribution in [-0.4, -0.2) is 48.6 Å². The molecule has 1 aliphatic rings. The molecule has 1 amide bonds. The summed E-state index contributed by atoms with van der Waals surface area (Å²) < 4.78 is 9.93. The number of benzene rings is 1. The number of aliphatic imine (C=N–C) groups is 1. The van der Waals surface area contributed by atoms with Gasteiger partial charge in [-0.1, -0.05) is 12.1 Å². The predicted octanol–water partition coefficient (Wildman–Crippen LogP) is 1.02. The molecule has 0 saturated heterocycles. The van der Waals surface area contributed by atoms with E-state index in [1.807, 2.05) is 25.1 Å². The first-order valence-electron chi connectivity index (χ1n) is 8.02. The minimum atomic E-state index is -0.549. The zero-order chi connectivity index (χ0) is 18.7. The first-order valence-corrected chi connectivity index (χ1v) is 8.02. The van der Waals surface area contributed by atoms with Crippen molar-refractivity contribution in [2.24, 2.45) is 10.9 Å². The summed E-state index contributed by atoms with van der Waals surface area (Å²) in [6.45, 7) is 2.04. The third-order valence-electron chi connectivity index (χ3n) is 4.05. The Balaban J connectivity index is 1.81. The summed E-state index contributed by atoms with van der Waals surface area (Å²) in [7, 11) is 2.86. The molecule has 1 aromatic carbocycles. The van der Waals surface area contributed by atoms with E-state index in [9.17, 15) is 9.59 Å². The highest BCUT2D eigenvalue weighted by molar-refractivity contribution is 6.06. The monoisotopic (exact) mass is 357 g/mol. The number of nitrogens with zero attached hydrogens (tertiary/aromatic N) is 3. The molecule has 1 aliphatic heterocycles. The van der Waals surface area contributed by atoms with E-state index in [2.05, 4.69) is 30.3 Å². The van der Waals surface area contributed by atoms with Crippen LogP contribution in [0.25, 0.3) is 10.9 Å². The Labute approximate surface area is 149 Å². The number of fused-ring (bicyclic) bond motifs is 1. The number of amides is 1. The van der Waals surface area contributed by atoms with Crippen molar-refractivity contribution in [1.82, 2.24) is 15.3 Å². The van der Waals surface area contributed by atoms with Crippen molar-refractivity contribution in [2.45, 2.75) is 13.3 Å². The third-order valence-corrected chi connectivity index (χ3v) is 4.05.